The standard InChI is InChI=1S/C19H12ClFN4O/c20-16-9-14(4-5-17(16)21)25-19(26)18-10-15(6-7-23-18)24-13-3-1-2-12(8-13)11-22/h1-10H,(H,23,24)(H,25,26). The largest absolute Gasteiger partial charge is 0.355 e. The minimum Gasteiger partial charge on any atom is -0.355 e. The predicted molar refractivity (Wildman–Crippen MR) is 98.0 cm³/mol. The minimum atomic E-state index is -0.561. The molecule has 3 aromatic rings. The first-order valence-corrected chi connectivity index (χ1v) is 7.92. The summed E-state index contributed by atoms with van der Waals surface area (Å²) in [5.74, 6) is -1.02. The Labute approximate surface area is 154 Å². The summed E-state index contributed by atoms with van der Waals surface area (Å²) in [6.45, 7) is 0. The van der Waals surface area contributed by atoms with Crippen LogP contribution in [0.15, 0.2) is 60.8 Å². The Bertz CT molecular complexity index is 1020. The maximum Gasteiger partial charge on any atom is 0.274 e. The summed E-state index contributed by atoms with van der Waals surface area (Å²) < 4.78 is 13.2. The Morgan fingerprint density at radius 1 is 1.08 bits per heavy atom. The van der Waals surface area contributed by atoms with Gasteiger partial charge in [-0.15, -0.1) is 0 Å². The summed E-state index contributed by atoms with van der Waals surface area (Å²) in [5.41, 5.74) is 2.41. The van der Waals surface area contributed by atoms with Crippen molar-refractivity contribution in [2.45, 2.75) is 0 Å². The van der Waals surface area contributed by atoms with E-state index in [-0.39, 0.29) is 10.7 Å². The highest BCUT2D eigenvalue weighted by Crippen LogP contribution is 2.21. The van der Waals surface area contributed by atoms with E-state index in [0.717, 1.165) is 0 Å². The van der Waals surface area contributed by atoms with Crippen molar-refractivity contribution >= 4 is 34.6 Å². The number of aromatic nitrogens is 1. The van der Waals surface area contributed by atoms with Crippen molar-refractivity contribution in [3.63, 3.8) is 0 Å². The molecule has 0 spiro atoms. The number of pyridine rings is 1. The Morgan fingerprint density at radius 3 is 2.65 bits per heavy atom. The van der Waals surface area contributed by atoms with Gasteiger partial charge in [0.05, 0.1) is 16.7 Å². The van der Waals surface area contributed by atoms with Gasteiger partial charge in [0.15, 0.2) is 0 Å². The van der Waals surface area contributed by atoms with Crippen molar-refractivity contribution in [2.24, 2.45) is 0 Å². The third-order valence-corrected chi connectivity index (χ3v) is 3.74. The molecule has 1 amide bonds. The van der Waals surface area contributed by atoms with Gasteiger partial charge >= 0.3 is 0 Å². The second-order valence-electron chi connectivity index (χ2n) is 5.33. The molecule has 0 atom stereocenters. The molecular weight excluding hydrogens is 355 g/mol. The lowest BCUT2D eigenvalue weighted by atomic mass is 10.2. The van der Waals surface area contributed by atoms with Crippen LogP contribution in [-0.4, -0.2) is 10.9 Å². The van der Waals surface area contributed by atoms with Crippen LogP contribution in [0.2, 0.25) is 5.02 Å². The number of carbonyl (C=O) groups excluding carboxylic acids is 1. The summed E-state index contributed by atoms with van der Waals surface area (Å²) in [6.07, 6.45) is 1.49. The molecule has 3 rings (SSSR count). The molecule has 0 aliphatic heterocycles. The number of hydrogen-bond acceptors (Lipinski definition) is 4. The van der Waals surface area contributed by atoms with Crippen molar-refractivity contribution < 1.29 is 9.18 Å². The number of nitriles is 1. The van der Waals surface area contributed by atoms with Crippen LogP contribution in [0, 0.1) is 17.1 Å². The summed E-state index contributed by atoms with van der Waals surface area (Å²) in [5, 5.41) is 14.6. The lowest BCUT2D eigenvalue weighted by molar-refractivity contribution is 0.102. The molecule has 0 bridgehead atoms. The van der Waals surface area contributed by atoms with Crippen LogP contribution < -0.4 is 10.6 Å². The van der Waals surface area contributed by atoms with E-state index >= 15 is 0 Å². The Morgan fingerprint density at radius 2 is 1.88 bits per heavy atom. The number of nitrogens with zero attached hydrogens (tertiary/aromatic N) is 2. The molecule has 0 fully saturated rings. The maximum absolute atomic E-state index is 13.2. The first-order valence-electron chi connectivity index (χ1n) is 7.55. The van der Waals surface area contributed by atoms with Gasteiger partial charge in [0.1, 0.15) is 11.5 Å². The third kappa shape index (κ3) is 4.15. The lowest BCUT2D eigenvalue weighted by Crippen LogP contribution is -2.13. The van der Waals surface area contributed by atoms with Gasteiger partial charge in [-0.1, -0.05) is 17.7 Å². The fourth-order valence-corrected chi connectivity index (χ4v) is 2.42. The molecule has 2 N–H and O–H groups in total. The topological polar surface area (TPSA) is 77.8 Å². The highest BCUT2D eigenvalue weighted by atomic mass is 35.5. The first-order chi connectivity index (χ1) is 12.5. The van der Waals surface area contributed by atoms with Crippen LogP contribution in [-0.2, 0) is 0 Å². The summed E-state index contributed by atoms with van der Waals surface area (Å²) in [6, 6.07) is 16.2. The predicted octanol–water partition coefficient (Wildman–Crippen LogP) is 4.74. The number of benzene rings is 2. The molecule has 128 valence electrons. The van der Waals surface area contributed by atoms with E-state index in [2.05, 4.69) is 21.7 Å². The van der Waals surface area contributed by atoms with Crippen LogP contribution in [0.5, 0.6) is 0 Å². The van der Waals surface area contributed by atoms with Crippen LogP contribution in [0.1, 0.15) is 16.1 Å². The van der Waals surface area contributed by atoms with Crippen LogP contribution in [0.3, 0.4) is 0 Å². The lowest BCUT2D eigenvalue weighted by Gasteiger charge is -2.09. The third-order valence-electron chi connectivity index (χ3n) is 3.45. The summed E-state index contributed by atoms with van der Waals surface area (Å²) >= 11 is 5.71. The number of hydrogen-bond donors (Lipinski definition) is 2. The SMILES string of the molecule is N#Cc1cccc(Nc2ccnc(C(=O)Nc3ccc(F)c(Cl)c3)c2)c1. The highest BCUT2D eigenvalue weighted by Gasteiger charge is 2.10. The average molecular weight is 367 g/mol. The van der Waals surface area contributed by atoms with Gasteiger partial charge in [-0.3, -0.25) is 9.78 Å². The van der Waals surface area contributed by atoms with E-state index in [1.54, 1.807) is 30.3 Å². The van der Waals surface area contributed by atoms with Crippen molar-refractivity contribution in [3.05, 3.63) is 82.9 Å². The number of anilines is 3. The van der Waals surface area contributed by atoms with Gasteiger partial charge in [0, 0.05) is 23.3 Å². The van der Waals surface area contributed by atoms with Gasteiger partial charge in [-0.05, 0) is 48.5 Å². The van der Waals surface area contributed by atoms with Crippen molar-refractivity contribution in [2.75, 3.05) is 10.6 Å². The number of halogens is 2. The van der Waals surface area contributed by atoms with E-state index in [9.17, 15) is 9.18 Å². The van der Waals surface area contributed by atoms with Crippen LogP contribution in [0.25, 0.3) is 0 Å². The Balaban J connectivity index is 1.76. The van der Waals surface area contributed by atoms with Gasteiger partial charge in [-0.2, -0.15) is 5.26 Å². The van der Waals surface area contributed by atoms with Gasteiger partial charge in [0.25, 0.3) is 5.91 Å². The Hall–Kier alpha value is -3.43. The van der Waals surface area contributed by atoms with Crippen molar-refractivity contribution in [1.29, 1.82) is 5.26 Å². The van der Waals surface area contributed by atoms with Gasteiger partial charge in [-0.25, -0.2) is 4.39 Å². The fourth-order valence-electron chi connectivity index (χ4n) is 2.23. The summed E-state index contributed by atoms with van der Waals surface area (Å²) in [4.78, 5) is 16.4. The molecule has 0 radical (unpaired) electrons. The second-order valence-corrected chi connectivity index (χ2v) is 5.74. The zero-order valence-electron chi connectivity index (χ0n) is 13.3. The van der Waals surface area contributed by atoms with E-state index in [1.807, 2.05) is 6.07 Å². The number of nitrogens with one attached hydrogen (secondary N) is 2. The molecule has 0 aliphatic carbocycles. The van der Waals surface area contributed by atoms with Crippen molar-refractivity contribution in [3.8, 4) is 6.07 Å². The molecule has 1 heterocycles. The fraction of sp³-hybridized carbons (Fsp3) is 0. The zero-order valence-corrected chi connectivity index (χ0v) is 14.1. The van der Waals surface area contributed by atoms with E-state index in [4.69, 9.17) is 16.9 Å². The monoisotopic (exact) mass is 366 g/mol. The minimum absolute atomic E-state index is 0.0800. The molecule has 2 aromatic carbocycles. The zero-order chi connectivity index (χ0) is 18.5. The molecule has 0 saturated carbocycles. The maximum atomic E-state index is 13.2. The molecule has 5 nitrogen and oxygen atoms in total. The van der Waals surface area contributed by atoms with Crippen LogP contribution >= 0.6 is 11.6 Å². The molecule has 26 heavy (non-hydrogen) atoms. The van der Waals surface area contributed by atoms with Crippen LogP contribution in [0.4, 0.5) is 21.5 Å². The normalized spacial score (nSPS) is 10.0. The van der Waals surface area contributed by atoms with Crippen molar-refractivity contribution in [1.82, 2.24) is 4.98 Å². The highest BCUT2D eigenvalue weighted by molar-refractivity contribution is 6.31. The quantitative estimate of drug-likeness (QED) is 0.699. The molecule has 0 aliphatic rings. The molecule has 0 saturated heterocycles. The van der Waals surface area contributed by atoms with E-state index < -0.39 is 11.7 Å². The molecule has 0 unspecified atom stereocenters. The summed E-state index contributed by atoms with van der Waals surface area (Å²) in [7, 11) is 0. The first kappa shape index (κ1) is 17.4. The van der Waals surface area contributed by atoms with E-state index in [1.165, 1.54) is 24.4 Å². The Kier molecular flexibility index (Phi) is 5.11. The van der Waals surface area contributed by atoms with E-state index in [0.29, 0.717) is 22.6 Å². The molecule has 1 aromatic heterocycles. The van der Waals surface area contributed by atoms with Gasteiger partial charge in [0.2, 0.25) is 0 Å². The number of carbonyl (C=O) groups is 1. The molecule has 7 heteroatoms. The average Bonchev–Trinajstić information content (AvgIpc) is 2.65. The smallest absolute Gasteiger partial charge is 0.274 e. The second kappa shape index (κ2) is 7.64. The van der Waals surface area contributed by atoms with Gasteiger partial charge < -0.3 is 10.6 Å². The number of amides is 1. The molecular formula is C19H12ClFN4O. The number of rotatable bonds is 4.